The molecular weight excluding hydrogens is 244 g/mol. The SMILES string of the molecule is O=C(c1cccc(=O)[nH]1)N1CCOC(CCl)C1. The van der Waals surface area contributed by atoms with Gasteiger partial charge in [0.2, 0.25) is 5.56 Å². The van der Waals surface area contributed by atoms with Crippen LogP contribution in [0.2, 0.25) is 0 Å². The standard InChI is InChI=1S/C11H13ClN2O3/c12-6-8-7-14(4-5-17-8)11(16)9-2-1-3-10(15)13-9/h1-3,8H,4-7H2,(H,13,15). The van der Waals surface area contributed by atoms with Gasteiger partial charge >= 0.3 is 0 Å². The fraction of sp³-hybridized carbons (Fsp3) is 0.455. The Kier molecular flexibility index (Phi) is 3.81. The number of rotatable bonds is 2. The maximum atomic E-state index is 12.1. The number of hydrogen-bond acceptors (Lipinski definition) is 3. The van der Waals surface area contributed by atoms with Gasteiger partial charge in [0.05, 0.1) is 18.6 Å². The largest absolute Gasteiger partial charge is 0.373 e. The monoisotopic (exact) mass is 256 g/mol. The number of aromatic nitrogens is 1. The second-order valence-corrected chi connectivity index (χ2v) is 4.14. The Hall–Kier alpha value is -1.33. The molecule has 0 aliphatic carbocycles. The Bertz CT molecular complexity index is 460. The average molecular weight is 257 g/mol. The lowest BCUT2D eigenvalue weighted by Gasteiger charge is -2.31. The summed E-state index contributed by atoms with van der Waals surface area (Å²) < 4.78 is 5.37. The highest BCUT2D eigenvalue weighted by Gasteiger charge is 2.24. The van der Waals surface area contributed by atoms with Crippen LogP contribution in [0.15, 0.2) is 23.0 Å². The number of ether oxygens (including phenoxy) is 1. The summed E-state index contributed by atoms with van der Waals surface area (Å²) in [4.78, 5) is 27.4. The molecule has 1 aliphatic rings. The Balaban J connectivity index is 2.12. The summed E-state index contributed by atoms with van der Waals surface area (Å²) >= 11 is 5.70. The number of H-pyrrole nitrogens is 1. The van der Waals surface area contributed by atoms with Gasteiger partial charge in [-0.15, -0.1) is 11.6 Å². The van der Waals surface area contributed by atoms with Crippen molar-refractivity contribution in [1.82, 2.24) is 9.88 Å². The molecule has 1 fully saturated rings. The van der Waals surface area contributed by atoms with Crippen molar-refractivity contribution in [2.45, 2.75) is 6.10 Å². The van der Waals surface area contributed by atoms with Gasteiger partial charge in [-0.3, -0.25) is 9.59 Å². The van der Waals surface area contributed by atoms with Gasteiger partial charge in [-0.2, -0.15) is 0 Å². The summed E-state index contributed by atoms with van der Waals surface area (Å²) in [7, 11) is 0. The van der Waals surface area contributed by atoms with Crippen LogP contribution in [0.3, 0.4) is 0 Å². The number of hydrogen-bond donors (Lipinski definition) is 1. The van der Waals surface area contributed by atoms with Crippen molar-refractivity contribution in [2.24, 2.45) is 0 Å². The zero-order valence-corrected chi connectivity index (χ0v) is 9.94. The molecule has 0 bridgehead atoms. The van der Waals surface area contributed by atoms with E-state index < -0.39 is 0 Å². The van der Waals surface area contributed by atoms with E-state index in [1.807, 2.05) is 0 Å². The zero-order valence-electron chi connectivity index (χ0n) is 9.19. The molecule has 1 N–H and O–H groups in total. The minimum Gasteiger partial charge on any atom is -0.373 e. The number of pyridine rings is 1. The molecule has 5 nitrogen and oxygen atoms in total. The van der Waals surface area contributed by atoms with E-state index in [0.717, 1.165) is 0 Å². The minimum atomic E-state index is -0.280. The molecule has 2 rings (SSSR count). The van der Waals surface area contributed by atoms with Crippen LogP contribution >= 0.6 is 11.6 Å². The molecule has 0 aromatic carbocycles. The van der Waals surface area contributed by atoms with E-state index >= 15 is 0 Å². The first-order chi connectivity index (χ1) is 8.20. The van der Waals surface area contributed by atoms with E-state index in [0.29, 0.717) is 31.3 Å². The number of carbonyl (C=O) groups excluding carboxylic acids is 1. The molecule has 1 aromatic heterocycles. The second kappa shape index (κ2) is 5.33. The summed E-state index contributed by atoms with van der Waals surface area (Å²) in [6.45, 7) is 1.45. The van der Waals surface area contributed by atoms with Gasteiger partial charge in [0.1, 0.15) is 5.69 Å². The van der Waals surface area contributed by atoms with Crippen LogP contribution < -0.4 is 5.56 Å². The van der Waals surface area contributed by atoms with Crippen molar-refractivity contribution in [3.8, 4) is 0 Å². The molecule has 1 unspecified atom stereocenters. The van der Waals surface area contributed by atoms with Gasteiger partial charge in [0.25, 0.3) is 5.91 Å². The highest BCUT2D eigenvalue weighted by Crippen LogP contribution is 2.09. The van der Waals surface area contributed by atoms with E-state index in [2.05, 4.69) is 4.98 Å². The Morgan fingerprint density at radius 2 is 2.41 bits per heavy atom. The number of halogens is 1. The zero-order chi connectivity index (χ0) is 12.3. The van der Waals surface area contributed by atoms with Crippen LogP contribution in [0.4, 0.5) is 0 Å². The van der Waals surface area contributed by atoms with Crippen molar-refractivity contribution in [3.05, 3.63) is 34.2 Å². The van der Waals surface area contributed by atoms with Crippen LogP contribution in [0.25, 0.3) is 0 Å². The molecule has 1 atom stereocenters. The molecule has 1 aliphatic heterocycles. The average Bonchev–Trinajstić information content (AvgIpc) is 2.38. The number of carbonyl (C=O) groups is 1. The minimum absolute atomic E-state index is 0.134. The van der Waals surface area contributed by atoms with E-state index in [1.54, 1.807) is 17.0 Å². The number of morpholine rings is 1. The van der Waals surface area contributed by atoms with Crippen LogP contribution in [0.5, 0.6) is 0 Å². The van der Waals surface area contributed by atoms with Gasteiger partial charge < -0.3 is 14.6 Å². The Morgan fingerprint density at radius 3 is 3.12 bits per heavy atom. The molecular formula is C11H13ClN2O3. The fourth-order valence-electron chi connectivity index (χ4n) is 1.74. The molecule has 0 radical (unpaired) electrons. The Morgan fingerprint density at radius 1 is 1.59 bits per heavy atom. The van der Waals surface area contributed by atoms with Gasteiger partial charge in [0, 0.05) is 19.2 Å². The molecule has 92 valence electrons. The van der Waals surface area contributed by atoms with E-state index in [9.17, 15) is 9.59 Å². The first-order valence-electron chi connectivity index (χ1n) is 5.37. The molecule has 1 amide bonds. The summed E-state index contributed by atoms with van der Waals surface area (Å²) in [6, 6.07) is 4.53. The van der Waals surface area contributed by atoms with E-state index in [1.165, 1.54) is 6.07 Å². The van der Waals surface area contributed by atoms with Crippen molar-refractivity contribution in [2.75, 3.05) is 25.6 Å². The predicted octanol–water partition coefficient (Wildman–Crippen LogP) is 0.455. The molecule has 0 spiro atoms. The number of aromatic amines is 1. The molecule has 2 heterocycles. The third kappa shape index (κ3) is 2.87. The van der Waals surface area contributed by atoms with Crippen LogP contribution in [-0.4, -0.2) is 47.5 Å². The van der Waals surface area contributed by atoms with Gasteiger partial charge in [-0.05, 0) is 6.07 Å². The lowest BCUT2D eigenvalue weighted by Crippen LogP contribution is -2.46. The Labute approximate surface area is 103 Å². The predicted molar refractivity (Wildman–Crippen MR) is 63.4 cm³/mol. The van der Waals surface area contributed by atoms with E-state index in [-0.39, 0.29) is 17.6 Å². The van der Waals surface area contributed by atoms with Gasteiger partial charge in [-0.25, -0.2) is 0 Å². The maximum absolute atomic E-state index is 12.1. The summed E-state index contributed by atoms with van der Waals surface area (Å²) in [5.74, 6) is 0.163. The second-order valence-electron chi connectivity index (χ2n) is 3.83. The summed E-state index contributed by atoms with van der Waals surface area (Å²) in [6.07, 6.45) is -0.134. The summed E-state index contributed by atoms with van der Waals surface area (Å²) in [5, 5.41) is 0. The first kappa shape index (κ1) is 12.1. The molecule has 1 aromatic rings. The third-order valence-electron chi connectivity index (χ3n) is 2.60. The quantitative estimate of drug-likeness (QED) is 0.782. The van der Waals surface area contributed by atoms with Crippen LogP contribution in [0.1, 0.15) is 10.5 Å². The van der Waals surface area contributed by atoms with Crippen molar-refractivity contribution in [3.63, 3.8) is 0 Å². The molecule has 17 heavy (non-hydrogen) atoms. The van der Waals surface area contributed by atoms with Gasteiger partial charge in [0.15, 0.2) is 0 Å². The number of alkyl halides is 1. The lowest BCUT2D eigenvalue weighted by molar-refractivity contribution is -0.0110. The van der Waals surface area contributed by atoms with Crippen LogP contribution in [-0.2, 0) is 4.74 Å². The van der Waals surface area contributed by atoms with Crippen LogP contribution in [0, 0.1) is 0 Å². The van der Waals surface area contributed by atoms with Crippen molar-refractivity contribution >= 4 is 17.5 Å². The number of nitrogens with zero attached hydrogens (tertiary/aromatic N) is 1. The van der Waals surface area contributed by atoms with Crippen molar-refractivity contribution < 1.29 is 9.53 Å². The molecule has 6 heteroatoms. The number of nitrogens with one attached hydrogen (secondary N) is 1. The molecule has 0 saturated carbocycles. The maximum Gasteiger partial charge on any atom is 0.270 e. The topological polar surface area (TPSA) is 62.4 Å². The first-order valence-corrected chi connectivity index (χ1v) is 5.90. The highest BCUT2D eigenvalue weighted by molar-refractivity contribution is 6.18. The highest BCUT2D eigenvalue weighted by atomic mass is 35.5. The van der Waals surface area contributed by atoms with Crippen molar-refractivity contribution in [1.29, 1.82) is 0 Å². The smallest absolute Gasteiger partial charge is 0.270 e. The van der Waals surface area contributed by atoms with E-state index in [4.69, 9.17) is 16.3 Å². The lowest BCUT2D eigenvalue weighted by atomic mass is 10.2. The fourth-order valence-corrected chi connectivity index (χ4v) is 1.93. The molecule has 1 saturated heterocycles. The third-order valence-corrected chi connectivity index (χ3v) is 2.94. The number of amides is 1. The summed E-state index contributed by atoms with van der Waals surface area (Å²) in [5.41, 5.74) is 0.0192. The normalized spacial score (nSPS) is 20.3. The van der Waals surface area contributed by atoms with Gasteiger partial charge in [-0.1, -0.05) is 6.07 Å².